The number of carbonyl (C=O) groups is 1. The average molecular weight is 249 g/mol. The van der Waals surface area contributed by atoms with Crippen LogP contribution in [0.15, 0.2) is 0 Å². The molecular weight excluding hydrogens is 230 g/mol. The Bertz CT molecular complexity index is 211. The number of amides is 1. The maximum absolute atomic E-state index is 10.9. The highest BCUT2D eigenvalue weighted by Crippen LogP contribution is 1.88. The van der Waals surface area contributed by atoms with Crippen molar-refractivity contribution < 1.29 is 19.0 Å². The molecule has 0 spiro atoms. The van der Waals surface area contributed by atoms with Gasteiger partial charge >= 0.3 is 6.09 Å². The van der Waals surface area contributed by atoms with E-state index >= 15 is 0 Å². The molecule has 0 aromatic rings. The van der Waals surface area contributed by atoms with Gasteiger partial charge in [0, 0.05) is 6.61 Å². The van der Waals surface area contributed by atoms with Gasteiger partial charge in [0.15, 0.2) is 0 Å². The predicted octanol–water partition coefficient (Wildman–Crippen LogP) is 1.85. The summed E-state index contributed by atoms with van der Waals surface area (Å²) in [6.07, 6.45) is 1.54. The summed E-state index contributed by atoms with van der Waals surface area (Å²) in [5.41, 5.74) is 0. The number of hydrogen-bond donors (Lipinski definition) is 1. The van der Waals surface area contributed by atoms with Gasteiger partial charge in [0.2, 0.25) is 0 Å². The van der Waals surface area contributed by atoms with Gasteiger partial charge in [-0.2, -0.15) is 0 Å². The largest absolute Gasteiger partial charge is 0.468 e. The molecule has 0 radical (unpaired) electrons. The third kappa shape index (κ3) is 9.67. The monoisotopic (exact) mass is 249 g/mol. The van der Waals surface area contributed by atoms with Crippen molar-refractivity contribution in [1.29, 1.82) is 0 Å². The van der Waals surface area contributed by atoms with E-state index in [1.54, 1.807) is 6.92 Å². The van der Waals surface area contributed by atoms with E-state index in [0.717, 1.165) is 19.4 Å². The first-order chi connectivity index (χ1) is 7.70. The zero-order chi connectivity index (χ0) is 12.2. The molecule has 1 amide bonds. The standard InChI is InChI=1S/C10H19NO4S/c1-3-5-6-13-7-8-15-10(16)11-9(12)14-4-2/h3-8H2,1-2H3,(H,11,12,16). The van der Waals surface area contributed by atoms with Gasteiger partial charge in [-0.05, 0) is 25.6 Å². The van der Waals surface area contributed by atoms with E-state index in [0.29, 0.717) is 19.8 Å². The second kappa shape index (κ2) is 10.6. The zero-order valence-electron chi connectivity index (χ0n) is 9.78. The molecule has 0 unspecified atom stereocenters. The first-order valence-electron chi connectivity index (χ1n) is 5.39. The number of carbonyl (C=O) groups excluding carboxylic acids is 1. The summed E-state index contributed by atoms with van der Waals surface area (Å²) in [6.45, 7) is 5.62. The van der Waals surface area contributed by atoms with Crippen LogP contribution in [0.1, 0.15) is 26.7 Å². The molecule has 0 saturated carbocycles. The summed E-state index contributed by atoms with van der Waals surface area (Å²) < 4.78 is 14.9. The number of ether oxygens (including phenoxy) is 3. The normalized spacial score (nSPS) is 9.62. The molecule has 0 aliphatic rings. The highest BCUT2D eigenvalue weighted by molar-refractivity contribution is 7.80. The van der Waals surface area contributed by atoms with Gasteiger partial charge in [-0.15, -0.1) is 0 Å². The van der Waals surface area contributed by atoms with Crippen LogP contribution in [0.3, 0.4) is 0 Å². The molecule has 0 bridgehead atoms. The minimum absolute atomic E-state index is 0.0116. The predicted molar refractivity (Wildman–Crippen MR) is 64.4 cm³/mol. The minimum Gasteiger partial charge on any atom is -0.468 e. The fourth-order valence-electron chi connectivity index (χ4n) is 0.828. The molecule has 0 aliphatic carbocycles. The number of hydrogen-bond acceptors (Lipinski definition) is 5. The summed E-state index contributed by atoms with van der Waals surface area (Å²) in [7, 11) is 0. The molecule has 0 fully saturated rings. The van der Waals surface area contributed by atoms with Crippen molar-refractivity contribution in [2.24, 2.45) is 0 Å². The minimum atomic E-state index is -0.598. The first kappa shape index (κ1) is 15.1. The van der Waals surface area contributed by atoms with Crippen molar-refractivity contribution in [3.8, 4) is 0 Å². The Balaban J connectivity index is 3.33. The molecular formula is C10H19NO4S. The van der Waals surface area contributed by atoms with Gasteiger partial charge in [0.25, 0.3) is 5.17 Å². The highest BCUT2D eigenvalue weighted by Gasteiger charge is 2.04. The summed E-state index contributed by atoms with van der Waals surface area (Å²) in [5, 5.41) is 2.29. The number of thiocarbonyl (C=S) groups is 1. The van der Waals surface area contributed by atoms with Crippen molar-refractivity contribution in [2.45, 2.75) is 26.7 Å². The molecule has 0 atom stereocenters. The third-order valence-electron chi connectivity index (χ3n) is 1.58. The van der Waals surface area contributed by atoms with Crippen LogP contribution in [0.25, 0.3) is 0 Å². The van der Waals surface area contributed by atoms with Gasteiger partial charge in [-0.1, -0.05) is 13.3 Å². The van der Waals surface area contributed by atoms with Crippen LogP contribution in [0.5, 0.6) is 0 Å². The molecule has 94 valence electrons. The van der Waals surface area contributed by atoms with E-state index < -0.39 is 6.09 Å². The van der Waals surface area contributed by atoms with E-state index in [2.05, 4.69) is 17.0 Å². The molecule has 0 aliphatic heterocycles. The Hall–Kier alpha value is -0.880. The Kier molecular flexibility index (Phi) is 10.0. The molecule has 6 heteroatoms. The summed E-state index contributed by atoms with van der Waals surface area (Å²) >= 11 is 4.76. The fourth-order valence-corrected chi connectivity index (χ4v) is 0.995. The lowest BCUT2D eigenvalue weighted by molar-refractivity contribution is 0.0931. The molecule has 0 aromatic heterocycles. The van der Waals surface area contributed by atoms with Crippen LogP contribution >= 0.6 is 12.2 Å². The van der Waals surface area contributed by atoms with Crippen molar-refractivity contribution in [2.75, 3.05) is 26.4 Å². The van der Waals surface area contributed by atoms with E-state index in [1.807, 2.05) is 0 Å². The topological polar surface area (TPSA) is 56.8 Å². The summed E-state index contributed by atoms with van der Waals surface area (Å²) in [4.78, 5) is 10.9. The zero-order valence-corrected chi connectivity index (χ0v) is 10.6. The molecule has 0 saturated heterocycles. The van der Waals surface area contributed by atoms with Crippen molar-refractivity contribution in [3.63, 3.8) is 0 Å². The molecule has 0 rings (SSSR count). The van der Waals surface area contributed by atoms with Crippen molar-refractivity contribution in [3.05, 3.63) is 0 Å². The Morgan fingerprint density at radius 2 is 1.94 bits per heavy atom. The number of alkyl carbamates (subject to hydrolysis) is 1. The Labute approximate surface area is 101 Å². The number of unbranched alkanes of at least 4 members (excludes halogenated alkanes) is 1. The lowest BCUT2D eigenvalue weighted by atomic mass is 10.4. The van der Waals surface area contributed by atoms with Crippen molar-refractivity contribution in [1.82, 2.24) is 5.32 Å². The quantitative estimate of drug-likeness (QED) is 0.551. The van der Waals surface area contributed by atoms with Crippen LogP contribution in [0.4, 0.5) is 4.79 Å². The maximum atomic E-state index is 10.9. The van der Waals surface area contributed by atoms with Gasteiger partial charge in [0.05, 0.1) is 13.2 Å². The Morgan fingerprint density at radius 1 is 1.19 bits per heavy atom. The maximum Gasteiger partial charge on any atom is 0.414 e. The van der Waals surface area contributed by atoms with Gasteiger partial charge in [0.1, 0.15) is 6.61 Å². The van der Waals surface area contributed by atoms with E-state index in [4.69, 9.17) is 21.7 Å². The number of rotatable bonds is 7. The molecule has 5 nitrogen and oxygen atoms in total. The Morgan fingerprint density at radius 3 is 2.56 bits per heavy atom. The van der Waals surface area contributed by atoms with Crippen LogP contribution in [0, 0.1) is 0 Å². The van der Waals surface area contributed by atoms with Gasteiger partial charge in [-0.3, -0.25) is 5.32 Å². The summed E-state index contributed by atoms with van der Waals surface area (Å²) in [5.74, 6) is 0. The van der Waals surface area contributed by atoms with Gasteiger partial charge < -0.3 is 14.2 Å². The van der Waals surface area contributed by atoms with Crippen LogP contribution < -0.4 is 5.32 Å². The fraction of sp³-hybridized carbons (Fsp3) is 0.800. The highest BCUT2D eigenvalue weighted by atomic mass is 32.1. The van der Waals surface area contributed by atoms with Crippen molar-refractivity contribution >= 4 is 23.5 Å². The first-order valence-corrected chi connectivity index (χ1v) is 5.79. The molecule has 0 aromatic carbocycles. The molecule has 16 heavy (non-hydrogen) atoms. The summed E-state index contributed by atoms with van der Waals surface area (Å²) in [6, 6.07) is 0. The molecule has 1 N–H and O–H groups in total. The molecule has 0 heterocycles. The van der Waals surface area contributed by atoms with E-state index in [-0.39, 0.29) is 5.17 Å². The van der Waals surface area contributed by atoms with Crippen LogP contribution in [0.2, 0.25) is 0 Å². The lowest BCUT2D eigenvalue weighted by Crippen LogP contribution is -2.32. The second-order valence-corrected chi connectivity index (χ2v) is 3.32. The smallest absolute Gasteiger partial charge is 0.414 e. The lowest BCUT2D eigenvalue weighted by Gasteiger charge is -2.08. The van der Waals surface area contributed by atoms with E-state index in [9.17, 15) is 4.79 Å². The van der Waals surface area contributed by atoms with E-state index in [1.165, 1.54) is 0 Å². The van der Waals surface area contributed by atoms with Crippen LogP contribution in [-0.4, -0.2) is 37.7 Å². The number of nitrogens with one attached hydrogen (secondary N) is 1. The van der Waals surface area contributed by atoms with Crippen LogP contribution in [-0.2, 0) is 14.2 Å². The SMILES string of the molecule is CCCCOCCOC(=S)NC(=O)OCC. The van der Waals surface area contributed by atoms with Gasteiger partial charge in [-0.25, -0.2) is 4.79 Å². The average Bonchev–Trinajstić information content (AvgIpc) is 2.23. The third-order valence-corrected chi connectivity index (χ3v) is 1.80. The second-order valence-electron chi connectivity index (χ2n) is 2.95.